The van der Waals surface area contributed by atoms with E-state index in [2.05, 4.69) is 75.9 Å². The van der Waals surface area contributed by atoms with Gasteiger partial charge in [0, 0.05) is 279 Å². The van der Waals surface area contributed by atoms with Crippen molar-refractivity contribution >= 4 is 101 Å². The van der Waals surface area contributed by atoms with Crippen LogP contribution in [-0.4, -0.2) is 185 Å². The summed E-state index contributed by atoms with van der Waals surface area (Å²) in [5.41, 5.74) is 7.51. The molecule has 136 heavy (non-hydrogen) atoms. The van der Waals surface area contributed by atoms with E-state index in [1.54, 1.807) is 50.0 Å². The van der Waals surface area contributed by atoms with Crippen LogP contribution < -0.4 is 26.2 Å². The molecule has 0 saturated carbocycles. The topological polar surface area (TPSA) is 322 Å². The molecule has 10 aromatic carbocycles. The van der Waals surface area contributed by atoms with Crippen LogP contribution in [0.2, 0.25) is 0 Å². The molecule has 762 valence electrons. The van der Waals surface area contributed by atoms with Crippen molar-refractivity contribution in [2.75, 3.05) is 92.7 Å². The summed E-state index contributed by atoms with van der Waals surface area (Å²) in [6, 6.07) is 60.1. The number of rotatable bonds is 24. The van der Waals surface area contributed by atoms with Gasteiger partial charge in [-0.1, -0.05) is 158 Å². The van der Waals surface area contributed by atoms with E-state index in [9.17, 15) is 48.9 Å². The smallest absolute Gasteiger partial charge is 0.251 e. The van der Waals surface area contributed by atoms with Gasteiger partial charge in [0.05, 0.1) is 45.7 Å². The van der Waals surface area contributed by atoms with Crippen molar-refractivity contribution in [3.8, 4) is 0 Å². The summed E-state index contributed by atoms with van der Waals surface area (Å²) in [6.07, 6.45) is 16.4. The van der Waals surface area contributed by atoms with E-state index in [0.717, 1.165) is 67.9 Å². The van der Waals surface area contributed by atoms with Gasteiger partial charge in [-0.25, -0.2) is 0 Å². The van der Waals surface area contributed by atoms with Gasteiger partial charge in [0.2, 0.25) is 35.4 Å². The number of carbonyl (C=O) groups is 7. The standard InChI is InChI=1S/C29H27NO2.C15H17NO2.C14H15NO2.C11H16N2O2.C8H17NO2.C5H11NO2.C4H9NO2.7C3H7.7W/c1-30(19-26(31)21-7-3-2-4-8-21)27(32)12-6-9-20-13-14-24-16-15-22-10-5-11-23-17-18-25(20)29(24)28(22)23;1-11(18)16(2)9-13-7-3-5-12-6-4-8-14(10-17)15(12)13;1-10(17)15-8-12-6-2-4-11-5-3-7-13(9-16)14(11)12;1-13(2)10-5-3-9(4-6-10)11(15)12-7-8-14;1-8(2,3)9-7(11)5-4-6-10;1-5(8)6(2)3-4-7;1-4(7)5-2-3-6;7*1-3-2;;;;;;;/h2-5,7-8,10-11,13-18,26,31H,6,9,12,19H2,1H3;3-8,17H,9-10H2,1-2H3;2-7,16H,8-9H2,1H3,(H,15,17);3-6,14H,7-8H2,1-2H3,(H,12,15);10H,4-6H2,1-3H3,(H,9,11);7H,3-4H2,1-2H3;6H,2-3H2,1H3,(H,5,7);7*3H,1-2H3;;;;;;;/q;;;;;;;7*-1;;;;;;;. The number of hydrogen-bond donors (Lipinski definition) is 11. The molecule has 0 aliphatic carbocycles. The average Bonchev–Trinajstić information content (AvgIpc) is 0.741. The van der Waals surface area contributed by atoms with Crippen LogP contribution in [-0.2, 0) is 209 Å². The number of benzene rings is 10. The first kappa shape index (κ1) is 153. The Morgan fingerprint density at radius 2 is 0.757 bits per heavy atom. The van der Waals surface area contributed by atoms with Gasteiger partial charge >= 0.3 is 0 Å². The van der Waals surface area contributed by atoms with Gasteiger partial charge in [-0.3, -0.25) is 33.6 Å². The summed E-state index contributed by atoms with van der Waals surface area (Å²) in [7, 11) is 9.09. The minimum atomic E-state index is -0.664. The van der Waals surface area contributed by atoms with E-state index in [1.165, 1.54) is 63.6 Å². The number of aliphatic hydroxyl groups excluding tert-OH is 7. The van der Waals surface area contributed by atoms with Gasteiger partial charge in [0.25, 0.3) is 5.91 Å². The maximum atomic E-state index is 12.7. The van der Waals surface area contributed by atoms with Crippen molar-refractivity contribution in [3.05, 3.63) is 266 Å². The monoisotopic (exact) mass is 3070 g/mol. The normalized spacial score (nSPS) is 9.54. The number of fused-ring (bicyclic) bond motifs is 2. The number of hydrogen-bond acceptors (Lipinski definition) is 15. The zero-order valence-corrected chi connectivity index (χ0v) is 106. The van der Waals surface area contributed by atoms with E-state index < -0.39 is 6.10 Å². The van der Waals surface area contributed by atoms with Crippen LogP contribution in [0.25, 0.3) is 53.9 Å². The molecular weight excluding hydrogens is 2910 g/mol. The molecule has 1 atom stereocenters. The molecule has 7 amide bonds. The number of nitrogens with one attached hydrogen (secondary N) is 4. The van der Waals surface area contributed by atoms with Gasteiger partial charge in [0.1, 0.15) is 0 Å². The Hall–Kier alpha value is -5.61. The number of aliphatic hydroxyl groups is 7. The summed E-state index contributed by atoms with van der Waals surface area (Å²) in [4.78, 5) is 84.4. The second-order valence-corrected chi connectivity index (χ2v) is 31.1. The van der Waals surface area contributed by atoms with E-state index >= 15 is 0 Å². The minimum Gasteiger partial charge on any atom is -0.396 e. The molecule has 0 heterocycles. The number of anilines is 1. The Kier molecular flexibility index (Phi) is 109. The first-order chi connectivity index (χ1) is 61.4. The van der Waals surface area contributed by atoms with Gasteiger partial charge in [-0.2, -0.15) is 96.9 Å². The van der Waals surface area contributed by atoms with Gasteiger partial charge < -0.3 is 122 Å². The summed E-state index contributed by atoms with van der Waals surface area (Å²) in [5.74, 6) is -0.219. The third-order valence-corrected chi connectivity index (χ3v) is 17.1. The molecule has 0 aromatic heterocycles. The molecule has 29 heteroatoms. The van der Waals surface area contributed by atoms with E-state index in [1.807, 2.05) is 297 Å². The Morgan fingerprint density at radius 3 is 1.13 bits per heavy atom. The molecule has 0 radical (unpaired) electrons. The molecule has 0 spiro atoms. The molecule has 1 unspecified atom stereocenters. The maximum Gasteiger partial charge on any atom is 0.251 e. The predicted molar refractivity (Wildman–Crippen MR) is 542 cm³/mol. The average molecular weight is 3070 g/mol. The Labute approximate surface area is 918 Å². The Balaban J connectivity index is -0.000000148. The van der Waals surface area contributed by atoms with Crippen molar-refractivity contribution in [2.24, 2.45) is 0 Å². The number of carbonyl (C=O) groups excluding carboxylic acids is 7. The zero-order valence-electron chi connectivity index (χ0n) is 85.6. The Morgan fingerprint density at radius 1 is 0.375 bits per heavy atom. The summed E-state index contributed by atoms with van der Waals surface area (Å²) < 4.78 is 0. The summed E-state index contributed by atoms with van der Waals surface area (Å²) in [6.45, 7) is 42.3. The van der Waals surface area contributed by atoms with Crippen molar-refractivity contribution < 1.29 is 217 Å². The van der Waals surface area contributed by atoms with Crippen LogP contribution in [0.15, 0.2) is 182 Å². The van der Waals surface area contributed by atoms with E-state index in [-0.39, 0.29) is 241 Å². The fourth-order valence-corrected chi connectivity index (χ4v) is 11.4. The molecule has 0 saturated heterocycles. The molecule has 0 aliphatic heterocycles. The molecule has 11 N–H and O–H groups in total. The molecule has 0 fully saturated rings. The number of nitrogens with zero attached hydrogens (tertiary/aromatic N) is 4. The molecule has 22 nitrogen and oxygen atoms in total. The van der Waals surface area contributed by atoms with Crippen LogP contribution >= 0.6 is 0 Å². The van der Waals surface area contributed by atoms with Crippen LogP contribution in [0, 0.1) is 44.9 Å². The van der Waals surface area contributed by atoms with Crippen LogP contribution in [0.1, 0.15) is 221 Å². The Bertz CT molecular complexity index is 4570. The van der Waals surface area contributed by atoms with Crippen molar-refractivity contribution in [2.45, 2.75) is 215 Å². The van der Waals surface area contributed by atoms with E-state index in [0.29, 0.717) is 57.5 Å². The van der Waals surface area contributed by atoms with Gasteiger partial charge in [-0.05, 0) is 152 Å². The summed E-state index contributed by atoms with van der Waals surface area (Å²) >= 11 is 0. The fraction of sp³-hybridized carbons (Fsp3) is 0.421. The molecular formula is C107H161N8O14W7-7. The first-order valence-corrected chi connectivity index (χ1v) is 44.2. The predicted octanol–water partition coefficient (Wildman–Crippen LogP) is 18.7. The van der Waals surface area contributed by atoms with Crippen molar-refractivity contribution in [1.29, 1.82) is 0 Å². The first-order valence-electron chi connectivity index (χ1n) is 44.2. The molecule has 10 rings (SSSR count). The summed E-state index contributed by atoms with van der Waals surface area (Å²) in [5, 5.41) is 85.2. The molecule has 10 aromatic rings. The molecule has 0 bridgehead atoms. The second kappa shape index (κ2) is 96.9. The van der Waals surface area contributed by atoms with Crippen LogP contribution in [0.5, 0.6) is 0 Å². The van der Waals surface area contributed by atoms with Crippen LogP contribution in [0.4, 0.5) is 5.69 Å². The third kappa shape index (κ3) is 70.1. The largest absolute Gasteiger partial charge is 0.396 e. The minimum absolute atomic E-state index is 0. The van der Waals surface area contributed by atoms with Gasteiger partial charge in [-0.15, -0.1) is 0 Å². The number of aryl methyl sites for hydroxylation is 1. The van der Waals surface area contributed by atoms with Crippen molar-refractivity contribution in [1.82, 2.24) is 36.0 Å². The van der Waals surface area contributed by atoms with E-state index in [4.69, 9.17) is 20.4 Å². The second-order valence-electron chi connectivity index (χ2n) is 31.1. The quantitative estimate of drug-likeness (QED) is 0.0198. The fourth-order valence-electron chi connectivity index (χ4n) is 11.4. The zero-order chi connectivity index (χ0) is 98.8. The molecule has 0 aliphatic rings. The third-order valence-electron chi connectivity index (χ3n) is 17.1. The van der Waals surface area contributed by atoms with Gasteiger partial charge in [0.15, 0.2) is 0 Å². The van der Waals surface area contributed by atoms with Crippen molar-refractivity contribution in [3.63, 3.8) is 0 Å². The van der Waals surface area contributed by atoms with Crippen LogP contribution in [0.3, 0.4) is 0 Å². The SMILES string of the molecule is CC(=O)N(C)CCO.CC(=O)N(C)Cc1cccc2cccc(CO)c12.CC(=O)NCCO.CC(=O)NCc1cccc2cccc(CO)c12.CC(C)(C)NC(=O)CCCO.CN(C)c1ccc(C(=O)NCCO)cc1.CN(CC(O)c1ccccc1)C(=O)CCCc1ccc2ccc3cccc4ccc1c2c34.C[CH-]C.C[CH-]C.C[CH-]C.C[CH-]C.C[CH-]C.C[CH-]C.C[CH-]C.[W].[W].[W].[W].[W].[W].[W]. The number of likely N-dealkylation sites (N-methyl/N-ethyl adjacent to an activating group) is 2. The maximum absolute atomic E-state index is 12.7. The number of amides is 7.